The first-order valence-electron chi connectivity index (χ1n) is 5.32. The van der Waals surface area contributed by atoms with E-state index in [9.17, 15) is 0 Å². The summed E-state index contributed by atoms with van der Waals surface area (Å²) in [5.74, 6) is 0.122. The Kier molecular flexibility index (Phi) is 4.60. The summed E-state index contributed by atoms with van der Waals surface area (Å²) in [6, 6.07) is 4.07. The molecule has 1 fully saturated rings. The second-order valence-corrected chi connectivity index (χ2v) is 6.26. The molecule has 1 nitrogen and oxygen atoms in total. The zero-order valence-corrected chi connectivity index (χ0v) is 11.1. The van der Waals surface area contributed by atoms with Crippen LogP contribution >= 0.6 is 34.5 Å². The van der Waals surface area contributed by atoms with Gasteiger partial charge in [0.05, 0.1) is 21.1 Å². The van der Waals surface area contributed by atoms with Crippen molar-refractivity contribution in [2.75, 3.05) is 6.61 Å². The molecule has 4 atom stereocenters. The molecule has 0 saturated heterocycles. The molecule has 1 heterocycles. The molecular formula is C11H13BCl2OS. The lowest BCUT2D eigenvalue weighted by molar-refractivity contribution is 0.0919. The molecule has 0 aliphatic heterocycles. The highest BCUT2D eigenvalue weighted by Crippen LogP contribution is 2.41. The Morgan fingerprint density at radius 1 is 1.44 bits per heavy atom. The third-order valence-electron chi connectivity index (χ3n) is 2.96. The first-order valence-corrected chi connectivity index (χ1v) is 7.07. The predicted molar refractivity (Wildman–Crippen MR) is 70.9 cm³/mol. The highest BCUT2D eigenvalue weighted by molar-refractivity contribution is 7.09. The number of ether oxygens (including phenoxy) is 1. The van der Waals surface area contributed by atoms with Crippen molar-refractivity contribution in [1.29, 1.82) is 0 Å². The number of rotatable bonds is 4. The summed E-state index contributed by atoms with van der Waals surface area (Å²) < 4.78 is 5.64. The summed E-state index contributed by atoms with van der Waals surface area (Å²) in [6.45, 7) is 1.23. The van der Waals surface area contributed by atoms with Gasteiger partial charge in [0.1, 0.15) is 0 Å². The van der Waals surface area contributed by atoms with E-state index >= 15 is 0 Å². The molecule has 0 N–H and O–H groups in total. The maximum atomic E-state index is 6.19. The molecule has 2 radical (unpaired) electrons. The molecule has 1 aromatic heterocycles. The molecular weight excluding hydrogens is 262 g/mol. The van der Waals surface area contributed by atoms with Crippen LogP contribution < -0.4 is 0 Å². The van der Waals surface area contributed by atoms with Crippen LogP contribution in [-0.2, 0) is 11.3 Å². The molecule has 16 heavy (non-hydrogen) atoms. The SMILES string of the molecule is [B]C1C(Cl)CC(Cl)C1COCc1cccs1. The van der Waals surface area contributed by atoms with Crippen LogP contribution in [0.5, 0.6) is 0 Å². The summed E-state index contributed by atoms with van der Waals surface area (Å²) in [7, 11) is 5.98. The van der Waals surface area contributed by atoms with E-state index in [0.717, 1.165) is 6.42 Å². The topological polar surface area (TPSA) is 9.23 Å². The lowest BCUT2D eigenvalue weighted by atomic mass is 9.79. The minimum absolute atomic E-state index is 0.0159. The van der Waals surface area contributed by atoms with Gasteiger partial charge in [-0.25, -0.2) is 0 Å². The third-order valence-corrected chi connectivity index (χ3v) is 4.78. The van der Waals surface area contributed by atoms with Gasteiger partial charge in [-0.3, -0.25) is 0 Å². The van der Waals surface area contributed by atoms with Gasteiger partial charge < -0.3 is 4.74 Å². The molecule has 0 aromatic carbocycles. The Balaban J connectivity index is 1.77. The van der Waals surface area contributed by atoms with Crippen LogP contribution in [0.4, 0.5) is 0 Å². The van der Waals surface area contributed by atoms with Crippen LogP contribution in [0, 0.1) is 5.92 Å². The summed E-state index contributed by atoms with van der Waals surface area (Å²) in [5.41, 5.74) is 0. The zero-order chi connectivity index (χ0) is 11.5. The number of hydrogen-bond acceptors (Lipinski definition) is 2. The van der Waals surface area contributed by atoms with E-state index in [2.05, 4.69) is 6.07 Å². The molecule has 4 unspecified atom stereocenters. The quantitative estimate of drug-likeness (QED) is 0.604. The largest absolute Gasteiger partial charge is 0.376 e. The Bertz CT molecular complexity index is 320. The van der Waals surface area contributed by atoms with E-state index in [4.69, 9.17) is 35.8 Å². The van der Waals surface area contributed by atoms with Crippen molar-refractivity contribution in [3.05, 3.63) is 22.4 Å². The van der Waals surface area contributed by atoms with Gasteiger partial charge in [0.25, 0.3) is 0 Å². The molecule has 0 amide bonds. The number of hydrogen-bond donors (Lipinski definition) is 0. The fourth-order valence-corrected chi connectivity index (χ4v) is 3.51. The molecule has 86 valence electrons. The molecule has 2 rings (SSSR count). The summed E-state index contributed by atoms with van der Waals surface area (Å²) >= 11 is 13.9. The van der Waals surface area contributed by atoms with Crippen molar-refractivity contribution in [3.8, 4) is 0 Å². The Morgan fingerprint density at radius 3 is 2.81 bits per heavy atom. The molecule has 5 heteroatoms. The Morgan fingerprint density at radius 2 is 2.25 bits per heavy atom. The van der Waals surface area contributed by atoms with Crippen LogP contribution in [-0.4, -0.2) is 25.2 Å². The van der Waals surface area contributed by atoms with E-state index in [0.29, 0.717) is 13.2 Å². The van der Waals surface area contributed by atoms with Gasteiger partial charge in [-0.2, -0.15) is 0 Å². The average molecular weight is 275 g/mol. The Hall–Kier alpha value is 0.305. The fourth-order valence-electron chi connectivity index (χ4n) is 1.96. The van der Waals surface area contributed by atoms with Gasteiger partial charge >= 0.3 is 0 Å². The number of thiophene rings is 1. The van der Waals surface area contributed by atoms with Crippen molar-refractivity contribution in [3.63, 3.8) is 0 Å². The van der Waals surface area contributed by atoms with E-state index in [-0.39, 0.29) is 22.5 Å². The maximum absolute atomic E-state index is 6.19. The zero-order valence-electron chi connectivity index (χ0n) is 8.81. The summed E-state index contributed by atoms with van der Waals surface area (Å²) in [6.07, 6.45) is 0.775. The first-order chi connectivity index (χ1) is 7.68. The number of halogens is 2. The second kappa shape index (κ2) is 5.77. The van der Waals surface area contributed by atoms with Gasteiger partial charge in [-0.05, 0) is 23.8 Å². The van der Waals surface area contributed by atoms with E-state index in [1.165, 1.54) is 4.88 Å². The summed E-state index contributed by atoms with van der Waals surface area (Å²) in [5, 5.41) is 2.07. The lowest BCUT2D eigenvalue weighted by Crippen LogP contribution is -2.19. The van der Waals surface area contributed by atoms with Crippen molar-refractivity contribution in [2.45, 2.75) is 29.6 Å². The third kappa shape index (κ3) is 2.95. The smallest absolute Gasteiger partial charge is 0.0809 e. The monoisotopic (exact) mass is 274 g/mol. The molecule has 1 aliphatic carbocycles. The van der Waals surface area contributed by atoms with Crippen LogP contribution in [0.1, 0.15) is 11.3 Å². The van der Waals surface area contributed by atoms with Crippen molar-refractivity contribution >= 4 is 42.4 Å². The van der Waals surface area contributed by atoms with Crippen LogP contribution in [0.15, 0.2) is 17.5 Å². The highest BCUT2D eigenvalue weighted by atomic mass is 35.5. The molecule has 0 bridgehead atoms. The van der Waals surface area contributed by atoms with Gasteiger partial charge in [-0.15, -0.1) is 34.5 Å². The van der Waals surface area contributed by atoms with Crippen molar-refractivity contribution in [1.82, 2.24) is 0 Å². The molecule has 1 saturated carbocycles. The Labute approximate surface area is 111 Å². The first kappa shape index (κ1) is 12.8. The van der Waals surface area contributed by atoms with E-state index in [1.54, 1.807) is 11.3 Å². The molecule has 0 spiro atoms. The second-order valence-electron chi connectivity index (χ2n) is 4.10. The highest BCUT2D eigenvalue weighted by Gasteiger charge is 2.38. The standard InChI is InChI=1S/C11H13BCl2OS/c12-11-8(9(13)4-10(11)14)6-15-5-7-2-1-3-16-7/h1-3,8-11H,4-6H2. The van der Waals surface area contributed by atoms with Crippen molar-refractivity contribution in [2.24, 2.45) is 5.92 Å². The van der Waals surface area contributed by atoms with Crippen LogP contribution in [0.2, 0.25) is 5.82 Å². The average Bonchev–Trinajstić information content (AvgIpc) is 2.82. The van der Waals surface area contributed by atoms with Gasteiger partial charge in [0.15, 0.2) is 0 Å². The van der Waals surface area contributed by atoms with Gasteiger partial charge in [-0.1, -0.05) is 11.9 Å². The predicted octanol–water partition coefficient (Wildman–Crippen LogP) is 3.46. The van der Waals surface area contributed by atoms with E-state index in [1.807, 2.05) is 11.4 Å². The fraction of sp³-hybridized carbons (Fsp3) is 0.636. The van der Waals surface area contributed by atoms with Crippen LogP contribution in [0.3, 0.4) is 0 Å². The normalized spacial score (nSPS) is 34.4. The minimum atomic E-state index is -0.0486. The maximum Gasteiger partial charge on any atom is 0.0809 e. The van der Waals surface area contributed by atoms with E-state index < -0.39 is 0 Å². The van der Waals surface area contributed by atoms with Crippen molar-refractivity contribution < 1.29 is 4.74 Å². The van der Waals surface area contributed by atoms with Crippen LogP contribution in [0.25, 0.3) is 0 Å². The molecule has 1 aliphatic rings. The minimum Gasteiger partial charge on any atom is -0.376 e. The van der Waals surface area contributed by atoms with Gasteiger partial charge in [0.2, 0.25) is 0 Å². The number of alkyl halides is 2. The summed E-state index contributed by atoms with van der Waals surface area (Å²) in [4.78, 5) is 1.22. The molecule has 1 aromatic rings. The van der Waals surface area contributed by atoms with Gasteiger partial charge in [0, 0.05) is 15.6 Å². The lowest BCUT2D eigenvalue weighted by Gasteiger charge is -2.19.